The normalized spacial score (nSPS) is 11.8. The van der Waals surface area contributed by atoms with E-state index in [1.165, 1.54) is 0 Å². The second-order valence-electron chi connectivity index (χ2n) is 5.20. The largest absolute Gasteiger partial charge is 0.478 e. The summed E-state index contributed by atoms with van der Waals surface area (Å²) in [6.07, 6.45) is 0. The summed E-state index contributed by atoms with van der Waals surface area (Å²) in [5, 5.41) is 12.5. The zero-order valence-corrected chi connectivity index (χ0v) is 12.5. The molecule has 2 aromatic carbocycles. The molecule has 21 heavy (non-hydrogen) atoms. The van der Waals surface area contributed by atoms with Crippen molar-refractivity contribution in [2.24, 2.45) is 0 Å². The molecule has 2 aromatic rings. The van der Waals surface area contributed by atoms with Gasteiger partial charge >= 0.3 is 5.97 Å². The number of carboxylic acid groups (broad SMARTS) is 1. The van der Waals surface area contributed by atoms with E-state index in [-0.39, 0.29) is 11.6 Å². The van der Waals surface area contributed by atoms with Crippen LogP contribution < -0.4 is 10.2 Å². The lowest BCUT2D eigenvalue weighted by molar-refractivity contribution is 0.0698. The van der Waals surface area contributed by atoms with Gasteiger partial charge in [-0.3, -0.25) is 0 Å². The standard InChI is InChI=1S/C17H20N2O2/c1-12(13-8-10-14(11-9-13)19(2)3)18-16-7-5-4-6-15(16)17(20)21/h4-12,18H,1-3H3,(H,20,21). The van der Waals surface area contributed by atoms with E-state index in [1.807, 2.05) is 32.0 Å². The molecule has 0 aromatic heterocycles. The Morgan fingerprint density at radius 3 is 2.29 bits per heavy atom. The topological polar surface area (TPSA) is 52.6 Å². The Morgan fingerprint density at radius 1 is 1.10 bits per heavy atom. The second kappa shape index (κ2) is 6.31. The van der Waals surface area contributed by atoms with Crippen LogP contribution in [-0.4, -0.2) is 25.2 Å². The minimum absolute atomic E-state index is 0.0294. The number of hydrogen-bond donors (Lipinski definition) is 2. The molecule has 0 aliphatic heterocycles. The Bertz CT molecular complexity index is 621. The van der Waals surface area contributed by atoms with E-state index in [1.54, 1.807) is 18.2 Å². The molecule has 4 heteroatoms. The Labute approximate surface area is 125 Å². The quantitative estimate of drug-likeness (QED) is 0.880. The summed E-state index contributed by atoms with van der Waals surface area (Å²) >= 11 is 0. The molecule has 0 saturated heterocycles. The fourth-order valence-corrected chi connectivity index (χ4v) is 2.17. The average Bonchev–Trinajstić information content (AvgIpc) is 2.47. The smallest absolute Gasteiger partial charge is 0.337 e. The van der Waals surface area contributed by atoms with Crippen LogP contribution in [-0.2, 0) is 0 Å². The maximum Gasteiger partial charge on any atom is 0.337 e. The van der Waals surface area contributed by atoms with Crippen LogP contribution >= 0.6 is 0 Å². The van der Waals surface area contributed by atoms with Gasteiger partial charge in [-0.2, -0.15) is 0 Å². The van der Waals surface area contributed by atoms with Crippen molar-refractivity contribution in [2.75, 3.05) is 24.3 Å². The fourth-order valence-electron chi connectivity index (χ4n) is 2.17. The van der Waals surface area contributed by atoms with Gasteiger partial charge in [-0.25, -0.2) is 4.79 Å². The second-order valence-corrected chi connectivity index (χ2v) is 5.20. The first-order valence-corrected chi connectivity index (χ1v) is 6.85. The maximum absolute atomic E-state index is 11.2. The molecule has 0 heterocycles. The van der Waals surface area contributed by atoms with Gasteiger partial charge < -0.3 is 15.3 Å². The van der Waals surface area contributed by atoms with Crippen molar-refractivity contribution < 1.29 is 9.90 Å². The molecular weight excluding hydrogens is 264 g/mol. The molecule has 0 fully saturated rings. The van der Waals surface area contributed by atoms with Gasteiger partial charge in [0.25, 0.3) is 0 Å². The number of nitrogens with one attached hydrogen (secondary N) is 1. The van der Waals surface area contributed by atoms with Crippen LogP contribution in [0.4, 0.5) is 11.4 Å². The van der Waals surface area contributed by atoms with Crippen LogP contribution in [0.15, 0.2) is 48.5 Å². The van der Waals surface area contributed by atoms with Crippen molar-refractivity contribution in [3.8, 4) is 0 Å². The summed E-state index contributed by atoms with van der Waals surface area (Å²) in [6, 6.07) is 15.2. The molecule has 0 spiro atoms. The van der Waals surface area contributed by atoms with Crippen LogP contribution in [0.1, 0.15) is 28.9 Å². The molecule has 0 amide bonds. The number of benzene rings is 2. The number of carbonyl (C=O) groups is 1. The summed E-state index contributed by atoms with van der Waals surface area (Å²) in [5.41, 5.74) is 3.17. The van der Waals surface area contributed by atoms with Gasteiger partial charge in [-0.15, -0.1) is 0 Å². The molecule has 0 bridgehead atoms. The lowest BCUT2D eigenvalue weighted by Gasteiger charge is -2.19. The van der Waals surface area contributed by atoms with Crippen LogP contribution in [0.5, 0.6) is 0 Å². The van der Waals surface area contributed by atoms with Crippen LogP contribution in [0.3, 0.4) is 0 Å². The van der Waals surface area contributed by atoms with Gasteiger partial charge in [0, 0.05) is 31.5 Å². The fraction of sp³-hybridized carbons (Fsp3) is 0.235. The molecule has 0 aliphatic carbocycles. The summed E-state index contributed by atoms with van der Waals surface area (Å²) in [4.78, 5) is 13.3. The zero-order valence-electron chi connectivity index (χ0n) is 12.5. The number of nitrogens with zero attached hydrogens (tertiary/aromatic N) is 1. The molecule has 0 radical (unpaired) electrons. The highest BCUT2D eigenvalue weighted by Gasteiger charge is 2.12. The van der Waals surface area contributed by atoms with E-state index in [4.69, 9.17) is 0 Å². The summed E-state index contributed by atoms with van der Waals surface area (Å²) in [5.74, 6) is -0.923. The number of hydrogen-bond acceptors (Lipinski definition) is 3. The first kappa shape index (κ1) is 14.9. The number of rotatable bonds is 5. The Morgan fingerprint density at radius 2 is 1.71 bits per heavy atom. The van der Waals surface area contributed by atoms with Crippen LogP contribution in [0, 0.1) is 0 Å². The van der Waals surface area contributed by atoms with Crippen molar-refractivity contribution in [3.05, 3.63) is 59.7 Å². The molecule has 2 N–H and O–H groups in total. The van der Waals surface area contributed by atoms with Crippen LogP contribution in [0.2, 0.25) is 0 Å². The molecule has 0 aliphatic rings. The van der Waals surface area contributed by atoms with Gasteiger partial charge in [0.1, 0.15) is 0 Å². The third-order valence-electron chi connectivity index (χ3n) is 3.44. The molecule has 1 atom stereocenters. The highest BCUT2D eigenvalue weighted by molar-refractivity contribution is 5.94. The predicted molar refractivity (Wildman–Crippen MR) is 86.2 cm³/mol. The van der Waals surface area contributed by atoms with Gasteiger partial charge in [0.15, 0.2) is 0 Å². The number of aromatic carboxylic acids is 1. The SMILES string of the molecule is CC(Nc1ccccc1C(=O)O)c1ccc(N(C)C)cc1. The van der Waals surface area contributed by atoms with E-state index in [0.29, 0.717) is 5.69 Å². The van der Waals surface area contributed by atoms with E-state index in [2.05, 4.69) is 29.6 Å². The zero-order chi connectivity index (χ0) is 15.4. The minimum Gasteiger partial charge on any atom is -0.478 e. The van der Waals surface area contributed by atoms with Crippen LogP contribution in [0.25, 0.3) is 0 Å². The van der Waals surface area contributed by atoms with Gasteiger partial charge in [0.2, 0.25) is 0 Å². The number of carboxylic acids is 1. The lowest BCUT2D eigenvalue weighted by atomic mass is 10.1. The Balaban J connectivity index is 2.18. The van der Waals surface area contributed by atoms with E-state index < -0.39 is 5.97 Å². The molecule has 4 nitrogen and oxygen atoms in total. The van der Waals surface area contributed by atoms with E-state index in [9.17, 15) is 9.90 Å². The third kappa shape index (κ3) is 3.54. The van der Waals surface area contributed by atoms with Gasteiger partial charge in [0.05, 0.1) is 5.56 Å². The van der Waals surface area contributed by atoms with Crippen molar-refractivity contribution in [1.29, 1.82) is 0 Å². The monoisotopic (exact) mass is 284 g/mol. The number of para-hydroxylation sites is 1. The summed E-state index contributed by atoms with van der Waals surface area (Å²) in [7, 11) is 4.00. The minimum atomic E-state index is -0.923. The molecule has 2 rings (SSSR count). The molecule has 0 saturated carbocycles. The average molecular weight is 284 g/mol. The van der Waals surface area contributed by atoms with Gasteiger partial charge in [-0.1, -0.05) is 24.3 Å². The third-order valence-corrected chi connectivity index (χ3v) is 3.44. The van der Waals surface area contributed by atoms with Crippen molar-refractivity contribution in [1.82, 2.24) is 0 Å². The van der Waals surface area contributed by atoms with Crippen molar-refractivity contribution >= 4 is 17.3 Å². The highest BCUT2D eigenvalue weighted by Crippen LogP contribution is 2.24. The highest BCUT2D eigenvalue weighted by atomic mass is 16.4. The number of anilines is 2. The Hall–Kier alpha value is -2.49. The maximum atomic E-state index is 11.2. The molecule has 110 valence electrons. The predicted octanol–water partition coefficient (Wildman–Crippen LogP) is 3.62. The first-order chi connectivity index (χ1) is 9.99. The van der Waals surface area contributed by atoms with Crippen molar-refractivity contribution in [2.45, 2.75) is 13.0 Å². The molecule has 1 unspecified atom stereocenters. The van der Waals surface area contributed by atoms with Gasteiger partial charge in [-0.05, 0) is 36.8 Å². The first-order valence-electron chi connectivity index (χ1n) is 6.85. The molecular formula is C17H20N2O2. The Kier molecular flexibility index (Phi) is 4.48. The lowest BCUT2D eigenvalue weighted by Crippen LogP contribution is -2.11. The summed E-state index contributed by atoms with van der Waals surface area (Å²) < 4.78 is 0. The van der Waals surface area contributed by atoms with E-state index >= 15 is 0 Å². The van der Waals surface area contributed by atoms with Crippen molar-refractivity contribution in [3.63, 3.8) is 0 Å². The van der Waals surface area contributed by atoms with E-state index in [0.717, 1.165) is 11.3 Å². The summed E-state index contributed by atoms with van der Waals surface area (Å²) in [6.45, 7) is 2.02.